The molecule has 0 fully saturated rings. The molecule has 0 saturated carbocycles. The molecular weight excluding hydrogens is 538 g/mol. The molecule has 0 bridgehead atoms. The Balaban J connectivity index is 2.11. The van der Waals surface area contributed by atoms with E-state index in [0.717, 1.165) is 31.3 Å². The van der Waals surface area contributed by atoms with E-state index in [0.29, 0.717) is 11.3 Å². The first kappa shape index (κ1) is 27.9. The summed E-state index contributed by atoms with van der Waals surface area (Å²) < 4.78 is 50.0. The van der Waals surface area contributed by atoms with Gasteiger partial charge in [-0.3, -0.25) is 9.45 Å². The highest BCUT2D eigenvalue weighted by Crippen LogP contribution is 2.46. The van der Waals surface area contributed by atoms with Crippen molar-refractivity contribution in [2.45, 2.75) is 10.8 Å². The number of hydrogen-bond donors (Lipinski definition) is 2. The number of benzene rings is 3. The number of nitrogens with zero attached hydrogens (tertiary/aromatic N) is 2. The first-order valence-electron chi connectivity index (χ1n) is 11.6. The van der Waals surface area contributed by atoms with Crippen LogP contribution >= 0.6 is 0 Å². The lowest BCUT2D eigenvalue weighted by Gasteiger charge is -2.36. The number of para-hydroxylation sites is 1. The first-order chi connectivity index (χ1) is 19.1. The summed E-state index contributed by atoms with van der Waals surface area (Å²) in [5.74, 6) is -3.13. The lowest BCUT2D eigenvalue weighted by Crippen LogP contribution is -2.41. The maximum Gasteiger partial charge on any atom is 0.355 e. The van der Waals surface area contributed by atoms with E-state index in [1.807, 2.05) is 6.07 Å². The molecule has 0 aliphatic carbocycles. The van der Waals surface area contributed by atoms with Crippen molar-refractivity contribution in [2.24, 2.45) is 5.73 Å². The highest BCUT2D eigenvalue weighted by molar-refractivity contribution is 7.85. The Morgan fingerprint density at radius 1 is 0.950 bits per heavy atom. The van der Waals surface area contributed by atoms with Crippen molar-refractivity contribution in [2.75, 3.05) is 19.1 Å². The molecule has 0 saturated heterocycles. The molecule has 0 radical (unpaired) electrons. The molecule has 204 valence electrons. The van der Waals surface area contributed by atoms with Crippen molar-refractivity contribution < 1.29 is 36.8 Å². The molecule has 1 aliphatic rings. The van der Waals surface area contributed by atoms with Crippen LogP contribution in [-0.2, 0) is 29.2 Å². The van der Waals surface area contributed by atoms with Crippen LogP contribution in [0.3, 0.4) is 0 Å². The van der Waals surface area contributed by atoms with Crippen LogP contribution < -0.4 is 15.4 Å². The largest absolute Gasteiger partial charge is 0.466 e. The number of methoxy groups -OCH3 is 2. The molecule has 1 aliphatic heterocycles. The number of ether oxygens (including phenoxy) is 3. The van der Waals surface area contributed by atoms with Crippen molar-refractivity contribution in [1.29, 1.82) is 5.26 Å². The molecular formula is C28H23N3O8S. The van der Waals surface area contributed by atoms with Gasteiger partial charge in [0.25, 0.3) is 10.1 Å². The average Bonchev–Trinajstić information content (AvgIpc) is 2.96. The minimum absolute atomic E-state index is 0.0254. The van der Waals surface area contributed by atoms with Crippen molar-refractivity contribution in [3.8, 4) is 17.6 Å². The standard InChI is InChI=1S/C28H23N3O8S/c1-37-27(32)24-23(17-9-5-3-6-10-17)20(16-29)26(30)31(25(24)28(33)38-2)21-15-19(40(34,35)36)13-14-22(21)39-18-11-7-4-8-12-18/h3-15,23H,30H2,1-2H3,(H,34,35,36). The number of esters is 2. The van der Waals surface area contributed by atoms with Crippen LogP contribution in [0, 0.1) is 11.3 Å². The number of nitrogens with two attached hydrogens (primary N) is 1. The summed E-state index contributed by atoms with van der Waals surface area (Å²) in [6.07, 6.45) is 0. The van der Waals surface area contributed by atoms with Crippen LogP contribution in [-0.4, -0.2) is 39.1 Å². The molecule has 0 spiro atoms. The molecule has 3 aromatic rings. The van der Waals surface area contributed by atoms with E-state index in [9.17, 15) is 27.8 Å². The topological polar surface area (TPSA) is 169 Å². The summed E-state index contributed by atoms with van der Waals surface area (Å²) in [7, 11) is -2.57. The maximum absolute atomic E-state index is 13.4. The average molecular weight is 562 g/mol. The molecule has 1 heterocycles. The Morgan fingerprint density at radius 2 is 1.55 bits per heavy atom. The summed E-state index contributed by atoms with van der Waals surface area (Å²) in [5, 5.41) is 10.2. The third kappa shape index (κ3) is 5.24. The fraction of sp³-hybridized carbons (Fsp3) is 0.107. The second-order valence-electron chi connectivity index (χ2n) is 8.35. The SMILES string of the molecule is COC(=O)C1=C(C(=O)OC)N(c2cc(S(=O)(=O)O)ccc2Oc2ccccc2)C(N)=C(C#N)C1c1ccccc1. The zero-order chi connectivity index (χ0) is 29.0. The fourth-order valence-corrected chi connectivity index (χ4v) is 4.80. The van der Waals surface area contributed by atoms with Crippen molar-refractivity contribution in [3.05, 3.63) is 107 Å². The Bertz CT molecular complexity index is 1680. The number of carbonyl (C=O) groups is 2. The molecule has 3 aromatic carbocycles. The second-order valence-corrected chi connectivity index (χ2v) is 9.78. The van der Waals surface area contributed by atoms with Crippen molar-refractivity contribution in [1.82, 2.24) is 0 Å². The lowest BCUT2D eigenvalue weighted by molar-refractivity contribution is -0.139. The normalized spacial score (nSPS) is 15.3. The number of nitriles is 1. The van der Waals surface area contributed by atoms with E-state index in [4.69, 9.17) is 19.9 Å². The van der Waals surface area contributed by atoms with E-state index in [1.54, 1.807) is 60.7 Å². The molecule has 1 atom stereocenters. The van der Waals surface area contributed by atoms with Gasteiger partial charge in [-0.15, -0.1) is 0 Å². The van der Waals surface area contributed by atoms with Gasteiger partial charge < -0.3 is 19.9 Å². The number of rotatable bonds is 7. The van der Waals surface area contributed by atoms with Gasteiger partial charge in [-0.1, -0.05) is 48.5 Å². The van der Waals surface area contributed by atoms with E-state index < -0.39 is 38.6 Å². The van der Waals surface area contributed by atoms with E-state index in [-0.39, 0.29) is 28.4 Å². The minimum Gasteiger partial charge on any atom is -0.466 e. The Labute approximate surface area is 230 Å². The number of hydrogen-bond acceptors (Lipinski definition) is 10. The van der Waals surface area contributed by atoms with Gasteiger partial charge >= 0.3 is 11.9 Å². The van der Waals surface area contributed by atoms with Crippen LogP contribution in [0.2, 0.25) is 0 Å². The third-order valence-electron chi connectivity index (χ3n) is 6.05. The van der Waals surface area contributed by atoms with Gasteiger partial charge in [0.1, 0.15) is 17.3 Å². The molecule has 12 heteroatoms. The summed E-state index contributed by atoms with van der Waals surface area (Å²) in [6, 6.07) is 22.1. The maximum atomic E-state index is 13.4. The molecule has 0 aromatic heterocycles. The van der Waals surface area contributed by atoms with Gasteiger partial charge in [0, 0.05) is 0 Å². The molecule has 1 unspecified atom stereocenters. The monoisotopic (exact) mass is 561 g/mol. The molecule has 4 rings (SSSR count). The van der Waals surface area contributed by atoms with Gasteiger partial charge in [-0.25, -0.2) is 9.59 Å². The fourth-order valence-electron chi connectivity index (χ4n) is 4.30. The Morgan fingerprint density at radius 3 is 2.10 bits per heavy atom. The van der Waals surface area contributed by atoms with Crippen molar-refractivity contribution in [3.63, 3.8) is 0 Å². The number of carbonyl (C=O) groups excluding carboxylic acids is 2. The van der Waals surface area contributed by atoms with Crippen LogP contribution in [0.1, 0.15) is 11.5 Å². The van der Waals surface area contributed by atoms with Gasteiger partial charge in [0.05, 0.1) is 47.9 Å². The third-order valence-corrected chi connectivity index (χ3v) is 6.90. The molecule has 11 nitrogen and oxygen atoms in total. The molecule has 3 N–H and O–H groups in total. The quantitative estimate of drug-likeness (QED) is 0.319. The number of anilines is 1. The zero-order valence-corrected chi connectivity index (χ0v) is 22.1. The summed E-state index contributed by atoms with van der Waals surface area (Å²) in [4.78, 5) is 27.0. The first-order valence-corrected chi connectivity index (χ1v) is 13.1. The predicted octanol–water partition coefficient (Wildman–Crippen LogP) is 3.62. The van der Waals surface area contributed by atoms with Crippen LogP contribution in [0.5, 0.6) is 11.5 Å². The lowest BCUT2D eigenvalue weighted by atomic mass is 9.81. The van der Waals surface area contributed by atoms with Crippen LogP contribution in [0.4, 0.5) is 5.69 Å². The minimum atomic E-state index is -4.75. The van der Waals surface area contributed by atoms with Crippen LogP contribution in [0.15, 0.2) is 106 Å². The van der Waals surface area contributed by atoms with E-state index in [1.165, 1.54) is 6.07 Å². The number of allylic oxidation sites excluding steroid dienone is 1. The highest BCUT2D eigenvalue weighted by Gasteiger charge is 2.44. The summed E-state index contributed by atoms with van der Waals surface area (Å²) in [6.45, 7) is 0. The summed E-state index contributed by atoms with van der Waals surface area (Å²) >= 11 is 0. The van der Waals surface area contributed by atoms with Gasteiger partial charge in [0.2, 0.25) is 0 Å². The van der Waals surface area contributed by atoms with Crippen molar-refractivity contribution >= 4 is 27.7 Å². The Kier molecular flexibility index (Phi) is 7.90. The predicted molar refractivity (Wildman–Crippen MR) is 142 cm³/mol. The van der Waals surface area contributed by atoms with Gasteiger partial charge in [-0.2, -0.15) is 13.7 Å². The van der Waals surface area contributed by atoms with Gasteiger partial charge in [-0.05, 0) is 35.9 Å². The Hall–Kier alpha value is -5.12. The van der Waals surface area contributed by atoms with E-state index >= 15 is 0 Å². The smallest absolute Gasteiger partial charge is 0.355 e. The zero-order valence-electron chi connectivity index (χ0n) is 21.3. The second kappa shape index (κ2) is 11.3. The summed E-state index contributed by atoms with van der Waals surface area (Å²) in [5.41, 5.74) is 5.94. The van der Waals surface area contributed by atoms with Crippen LogP contribution in [0.25, 0.3) is 0 Å². The molecule has 40 heavy (non-hydrogen) atoms. The molecule has 0 amide bonds. The van der Waals surface area contributed by atoms with E-state index in [2.05, 4.69) is 0 Å². The van der Waals surface area contributed by atoms with Gasteiger partial charge in [0.15, 0.2) is 5.75 Å². The highest BCUT2D eigenvalue weighted by atomic mass is 32.2.